The van der Waals surface area contributed by atoms with E-state index in [4.69, 9.17) is 7.85 Å². The predicted octanol–water partition coefficient (Wildman–Crippen LogP) is 2.80. The molecule has 0 aliphatic heterocycles. The highest BCUT2D eigenvalue weighted by molar-refractivity contribution is 6.18. The van der Waals surface area contributed by atoms with Crippen molar-refractivity contribution in [2.45, 2.75) is 26.1 Å². The standard InChI is InChI=1S/C10H13B/c1-8-4-6-10(3,11)7-5-9(8)2/h4-7H,1-3H3. The Kier molecular flexibility index (Phi) is 2.08. The molecule has 0 fully saturated rings. The molecular formula is C10H13B. The first-order valence-corrected chi connectivity index (χ1v) is 3.86. The van der Waals surface area contributed by atoms with Crippen LogP contribution in [0.4, 0.5) is 0 Å². The Hall–Kier alpha value is -0.715. The second-order valence-electron chi connectivity index (χ2n) is 3.40. The van der Waals surface area contributed by atoms with Crippen molar-refractivity contribution in [2.75, 3.05) is 0 Å². The Morgan fingerprint density at radius 3 is 1.82 bits per heavy atom. The normalized spacial score (nSPS) is 22.1. The van der Waals surface area contributed by atoms with E-state index in [1.165, 1.54) is 11.1 Å². The van der Waals surface area contributed by atoms with Crippen molar-refractivity contribution in [2.24, 2.45) is 0 Å². The summed E-state index contributed by atoms with van der Waals surface area (Å²) in [6.45, 7) is 6.18. The van der Waals surface area contributed by atoms with Crippen molar-refractivity contribution in [1.82, 2.24) is 0 Å². The predicted molar refractivity (Wildman–Crippen MR) is 50.8 cm³/mol. The summed E-state index contributed by atoms with van der Waals surface area (Å²) >= 11 is 0. The van der Waals surface area contributed by atoms with Crippen LogP contribution in [0.15, 0.2) is 35.5 Å². The summed E-state index contributed by atoms with van der Waals surface area (Å²) < 4.78 is 0. The van der Waals surface area contributed by atoms with Crippen molar-refractivity contribution >= 4 is 7.85 Å². The summed E-state index contributed by atoms with van der Waals surface area (Å²) in [5, 5.41) is -0.279. The fourth-order valence-electron chi connectivity index (χ4n) is 0.928. The fraction of sp³-hybridized carbons (Fsp3) is 0.400. The molecule has 0 aromatic rings. The van der Waals surface area contributed by atoms with E-state index in [2.05, 4.69) is 26.0 Å². The van der Waals surface area contributed by atoms with E-state index < -0.39 is 0 Å². The molecule has 0 unspecified atom stereocenters. The van der Waals surface area contributed by atoms with Crippen LogP contribution in [0.2, 0.25) is 5.31 Å². The monoisotopic (exact) mass is 144 g/mol. The van der Waals surface area contributed by atoms with Crippen molar-refractivity contribution in [3.05, 3.63) is 35.5 Å². The molecule has 0 saturated carbocycles. The first-order valence-electron chi connectivity index (χ1n) is 3.86. The summed E-state index contributed by atoms with van der Waals surface area (Å²) in [6.07, 6.45) is 8.20. The Morgan fingerprint density at radius 1 is 1.09 bits per heavy atom. The lowest BCUT2D eigenvalue weighted by molar-refractivity contribution is 0.969. The average Bonchev–Trinajstić information content (AvgIpc) is 2.03. The molecule has 1 aliphatic carbocycles. The van der Waals surface area contributed by atoms with Crippen LogP contribution in [-0.2, 0) is 0 Å². The van der Waals surface area contributed by atoms with E-state index >= 15 is 0 Å². The SMILES string of the molecule is [B]C1(C)C=CC(C)=C(C)C=C1. The molecule has 0 aromatic heterocycles. The molecule has 0 aromatic carbocycles. The highest BCUT2D eigenvalue weighted by Crippen LogP contribution is 2.28. The molecule has 1 heteroatoms. The van der Waals surface area contributed by atoms with Gasteiger partial charge in [-0.05, 0) is 30.3 Å². The lowest BCUT2D eigenvalue weighted by Crippen LogP contribution is -1.97. The van der Waals surface area contributed by atoms with Gasteiger partial charge in [0.15, 0.2) is 0 Å². The lowest BCUT2D eigenvalue weighted by Gasteiger charge is -2.12. The van der Waals surface area contributed by atoms with Gasteiger partial charge in [-0.3, -0.25) is 0 Å². The van der Waals surface area contributed by atoms with Gasteiger partial charge in [-0.1, -0.05) is 31.2 Å². The quantitative estimate of drug-likeness (QED) is 0.458. The van der Waals surface area contributed by atoms with Gasteiger partial charge in [0.2, 0.25) is 0 Å². The van der Waals surface area contributed by atoms with E-state index in [1.807, 2.05) is 19.1 Å². The maximum atomic E-state index is 5.90. The van der Waals surface area contributed by atoms with Crippen LogP contribution in [0.3, 0.4) is 0 Å². The highest BCUT2D eigenvalue weighted by Gasteiger charge is 2.10. The highest BCUT2D eigenvalue weighted by atomic mass is 14.1. The van der Waals surface area contributed by atoms with E-state index in [0.717, 1.165) is 0 Å². The molecule has 2 radical (unpaired) electrons. The smallest absolute Gasteiger partial charge is 0.0834 e. The van der Waals surface area contributed by atoms with Gasteiger partial charge in [-0.15, -0.1) is 0 Å². The Morgan fingerprint density at radius 2 is 1.45 bits per heavy atom. The van der Waals surface area contributed by atoms with Gasteiger partial charge in [0, 0.05) is 0 Å². The van der Waals surface area contributed by atoms with E-state index in [-0.39, 0.29) is 5.31 Å². The van der Waals surface area contributed by atoms with Gasteiger partial charge < -0.3 is 0 Å². The molecule has 0 bridgehead atoms. The lowest BCUT2D eigenvalue weighted by atomic mass is 9.70. The third kappa shape index (κ3) is 2.11. The third-order valence-corrected chi connectivity index (χ3v) is 2.01. The maximum absolute atomic E-state index is 5.90. The minimum absolute atomic E-state index is 0.279. The van der Waals surface area contributed by atoms with E-state index in [1.54, 1.807) is 0 Å². The first kappa shape index (κ1) is 8.38. The number of rotatable bonds is 0. The molecule has 1 rings (SSSR count). The van der Waals surface area contributed by atoms with Crippen LogP contribution in [0.1, 0.15) is 20.8 Å². The summed E-state index contributed by atoms with van der Waals surface area (Å²) in [7, 11) is 5.90. The topological polar surface area (TPSA) is 0 Å². The van der Waals surface area contributed by atoms with Gasteiger partial charge in [0.05, 0.1) is 7.85 Å². The molecule has 0 amide bonds. The van der Waals surface area contributed by atoms with Crippen molar-refractivity contribution in [1.29, 1.82) is 0 Å². The number of hydrogen-bond donors (Lipinski definition) is 0. The molecule has 0 saturated heterocycles. The Balaban J connectivity index is 3.01. The summed E-state index contributed by atoms with van der Waals surface area (Å²) in [5.74, 6) is 0. The minimum Gasteiger partial charge on any atom is -0.0834 e. The molecular weight excluding hydrogens is 131 g/mol. The van der Waals surface area contributed by atoms with Crippen molar-refractivity contribution in [3.63, 3.8) is 0 Å². The van der Waals surface area contributed by atoms with E-state index in [9.17, 15) is 0 Å². The Labute approximate surface area is 70.1 Å². The Bertz CT molecular complexity index is 218. The van der Waals surface area contributed by atoms with Gasteiger partial charge in [0.25, 0.3) is 0 Å². The number of allylic oxidation sites excluding steroid dienone is 6. The largest absolute Gasteiger partial charge is 0.0854 e. The molecule has 11 heavy (non-hydrogen) atoms. The van der Waals surface area contributed by atoms with Gasteiger partial charge >= 0.3 is 0 Å². The van der Waals surface area contributed by atoms with Crippen molar-refractivity contribution in [3.8, 4) is 0 Å². The molecule has 0 N–H and O–H groups in total. The van der Waals surface area contributed by atoms with Crippen LogP contribution in [0.5, 0.6) is 0 Å². The van der Waals surface area contributed by atoms with Gasteiger partial charge in [-0.2, -0.15) is 0 Å². The summed E-state index contributed by atoms with van der Waals surface area (Å²) in [5.41, 5.74) is 2.57. The van der Waals surface area contributed by atoms with Crippen LogP contribution in [0, 0.1) is 0 Å². The van der Waals surface area contributed by atoms with Crippen LogP contribution >= 0.6 is 0 Å². The van der Waals surface area contributed by atoms with Crippen LogP contribution < -0.4 is 0 Å². The zero-order valence-corrected chi connectivity index (χ0v) is 7.39. The molecule has 0 atom stereocenters. The summed E-state index contributed by atoms with van der Waals surface area (Å²) in [6, 6.07) is 0. The van der Waals surface area contributed by atoms with E-state index in [0.29, 0.717) is 0 Å². The first-order chi connectivity index (χ1) is 5.01. The molecule has 1 aliphatic rings. The average molecular weight is 144 g/mol. The molecule has 56 valence electrons. The summed E-state index contributed by atoms with van der Waals surface area (Å²) in [4.78, 5) is 0. The van der Waals surface area contributed by atoms with Crippen molar-refractivity contribution < 1.29 is 0 Å². The molecule has 0 nitrogen and oxygen atoms in total. The zero-order chi connectivity index (χ0) is 8.48. The number of hydrogen-bond acceptors (Lipinski definition) is 0. The van der Waals surface area contributed by atoms with Gasteiger partial charge in [-0.25, -0.2) is 0 Å². The molecule has 0 spiro atoms. The maximum Gasteiger partial charge on any atom is 0.0854 e. The zero-order valence-electron chi connectivity index (χ0n) is 7.39. The minimum atomic E-state index is -0.279. The van der Waals surface area contributed by atoms with Gasteiger partial charge in [0.1, 0.15) is 0 Å². The second-order valence-corrected chi connectivity index (χ2v) is 3.40. The fourth-order valence-corrected chi connectivity index (χ4v) is 0.928. The second kappa shape index (κ2) is 2.73. The van der Waals surface area contributed by atoms with Crippen LogP contribution in [0.25, 0.3) is 0 Å². The third-order valence-electron chi connectivity index (χ3n) is 2.01. The molecule has 0 heterocycles. The van der Waals surface area contributed by atoms with Crippen LogP contribution in [-0.4, -0.2) is 7.85 Å².